The van der Waals surface area contributed by atoms with Crippen molar-refractivity contribution < 1.29 is 14.3 Å². The van der Waals surface area contributed by atoms with Crippen LogP contribution in [0.15, 0.2) is 40.9 Å². The molecule has 2 rings (SSSR count). The molecule has 1 unspecified atom stereocenters. The third-order valence-electron chi connectivity index (χ3n) is 4.54. The van der Waals surface area contributed by atoms with E-state index in [0.717, 1.165) is 6.42 Å². The number of nitrogens with one attached hydrogen (secondary N) is 1. The van der Waals surface area contributed by atoms with Crippen LogP contribution in [0.25, 0.3) is 0 Å². The van der Waals surface area contributed by atoms with Crippen LogP contribution in [-0.4, -0.2) is 35.9 Å². The molecule has 0 heterocycles. The van der Waals surface area contributed by atoms with Crippen LogP contribution in [0.1, 0.15) is 32.3 Å². The molecule has 0 radical (unpaired) electrons. The largest absolute Gasteiger partial charge is 0.483 e. The Morgan fingerprint density at radius 1 is 1.10 bits per heavy atom. The summed E-state index contributed by atoms with van der Waals surface area (Å²) < 4.78 is 6.33. The summed E-state index contributed by atoms with van der Waals surface area (Å²) >= 11 is 21.6. The minimum atomic E-state index is -0.664. The lowest BCUT2D eigenvalue weighted by Gasteiger charge is -2.31. The molecule has 0 aliphatic heterocycles. The number of amides is 2. The molecule has 0 saturated heterocycles. The fraction of sp³-hybridized carbons (Fsp3) is 0.364. The quantitative estimate of drug-likeness (QED) is 0.388. The first-order chi connectivity index (χ1) is 14.8. The average Bonchev–Trinajstić information content (AvgIpc) is 2.72. The number of benzene rings is 2. The Kier molecular flexibility index (Phi) is 10.4. The van der Waals surface area contributed by atoms with Crippen molar-refractivity contribution in [2.24, 2.45) is 0 Å². The van der Waals surface area contributed by atoms with Gasteiger partial charge in [0.05, 0.1) is 4.47 Å². The Hall–Kier alpha value is -1.47. The maximum absolute atomic E-state index is 13.2. The molecule has 1 atom stereocenters. The standard InChI is InChI=1S/C22H24BrCl3N2O3/c1-3-9-27-22(30)19(4-2)28(12-14-5-6-16(25)11-18(14)26)21(29)13-31-20-8-7-15(24)10-17(20)23/h5-8,10-11,19H,3-4,9,12-13H2,1-2H3,(H,27,30). The van der Waals surface area contributed by atoms with Crippen LogP contribution >= 0.6 is 50.7 Å². The van der Waals surface area contributed by atoms with Gasteiger partial charge < -0.3 is 15.0 Å². The van der Waals surface area contributed by atoms with E-state index >= 15 is 0 Å². The Bertz CT molecular complexity index is 927. The van der Waals surface area contributed by atoms with Gasteiger partial charge in [0, 0.05) is 28.2 Å². The summed E-state index contributed by atoms with van der Waals surface area (Å²) in [4.78, 5) is 27.4. The van der Waals surface area contributed by atoms with Crippen LogP contribution in [0, 0.1) is 0 Å². The van der Waals surface area contributed by atoms with E-state index in [-0.39, 0.29) is 25.0 Å². The maximum Gasteiger partial charge on any atom is 0.261 e. The highest BCUT2D eigenvalue weighted by Crippen LogP contribution is 2.28. The summed E-state index contributed by atoms with van der Waals surface area (Å²) in [6.07, 6.45) is 1.24. The summed E-state index contributed by atoms with van der Waals surface area (Å²) in [6.45, 7) is 4.26. The maximum atomic E-state index is 13.2. The fourth-order valence-corrected chi connectivity index (χ4v) is 4.20. The highest BCUT2D eigenvalue weighted by molar-refractivity contribution is 9.10. The molecule has 2 aromatic carbocycles. The third kappa shape index (κ3) is 7.56. The van der Waals surface area contributed by atoms with E-state index in [2.05, 4.69) is 21.2 Å². The first-order valence-corrected chi connectivity index (χ1v) is 11.8. The van der Waals surface area contributed by atoms with Crippen LogP contribution < -0.4 is 10.1 Å². The summed E-state index contributed by atoms with van der Waals surface area (Å²) in [5.41, 5.74) is 0.689. The molecule has 31 heavy (non-hydrogen) atoms. The molecule has 0 saturated carbocycles. The van der Waals surface area contributed by atoms with E-state index in [1.54, 1.807) is 36.4 Å². The van der Waals surface area contributed by atoms with Crippen LogP contribution in [-0.2, 0) is 16.1 Å². The molecule has 9 heteroatoms. The second-order valence-corrected chi connectivity index (χ2v) is 8.97. The second-order valence-electron chi connectivity index (χ2n) is 6.84. The molecule has 0 fully saturated rings. The average molecular weight is 551 g/mol. The number of hydrogen-bond donors (Lipinski definition) is 1. The van der Waals surface area contributed by atoms with Gasteiger partial charge in [0.2, 0.25) is 5.91 Å². The highest BCUT2D eigenvalue weighted by Gasteiger charge is 2.29. The van der Waals surface area contributed by atoms with Crippen molar-refractivity contribution in [2.75, 3.05) is 13.2 Å². The van der Waals surface area contributed by atoms with Crippen LogP contribution in [0.2, 0.25) is 15.1 Å². The number of hydrogen-bond acceptors (Lipinski definition) is 3. The smallest absolute Gasteiger partial charge is 0.261 e. The number of rotatable bonds is 10. The van der Waals surface area contributed by atoms with Gasteiger partial charge in [-0.15, -0.1) is 0 Å². The fourth-order valence-electron chi connectivity index (χ4n) is 2.93. The van der Waals surface area contributed by atoms with Crippen molar-refractivity contribution in [3.8, 4) is 5.75 Å². The molecular weight excluding hydrogens is 527 g/mol. The predicted octanol–water partition coefficient (Wildman–Crippen LogP) is 6.12. The first kappa shape index (κ1) is 25.8. The number of nitrogens with zero attached hydrogens (tertiary/aromatic N) is 1. The Balaban J connectivity index is 2.25. The normalized spacial score (nSPS) is 11.7. The second kappa shape index (κ2) is 12.5. The van der Waals surface area contributed by atoms with Gasteiger partial charge in [-0.25, -0.2) is 0 Å². The van der Waals surface area contributed by atoms with Gasteiger partial charge >= 0.3 is 0 Å². The zero-order valence-corrected chi connectivity index (χ0v) is 21.1. The number of ether oxygens (including phenoxy) is 1. The van der Waals surface area contributed by atoms with Gasteiger partial charge in [0.1, 0.15) is 11.8 Å². The highest BCUT2D eigenvalue weighted by atomic mass is 79.9. The summed E-state index contributed by atoms with van der Waals surface area (Å²) in [5, 5.41) is 4.33. The Morgan fingerprint density at radius 2 is 1.77 bits per heavy atom. The van der Waals surface area contributed by atoms with E-state index in [1.165, 1.54) is 4.90 Å². The van der Waals surface area contributed by atoms with Crippen molar-refractivity contribution in [1.29, 1.82) is 0 Å². The van der Waals surface area contributed by atoms with Crippen molar-refractivity contribution in [3.05, 3.63) is 61.5 Å². The van der Waals surface area contributed by atoms with E-state index in [1.807, 2.05) is 13.8 Å². The van der Waals surface area contributed by atoms with Crippen LogP contribution in [0.4, 0.5) is 0 Å². The Morgan fingerprint density at radius 3 is 2.39 bits per heavy atom. The molecular formula is C22H24BrCl3N2O3. The van der Waals surface area contributed by atoms with E-state index < -0.39 is 6.04 Å². The third-order valence-corrected chi connectivity index (χ3v) is 5.98. The lowest BCUT2D eigenvalue weighted by atomic mass is 10.1. The van der Waals surface area contributed by atoms with Crippen molar-refractivity contribution >= 4 is 62.5 Å². The van der Waals surface area contributed by atoms with Crippen molar-refractivity contribution in [3.63, 3.8) is 0 Å². The summed E-state index contributed by atoms with van der Waals surface area (Å²) in [6, 6.07) is 9.42. The molecule has 2 amide bonds. The van der Waals surface area contributed by atoms with Crippen molar-refractivity contribution in [1.82, 2.24) is 10.2 Å². The predicted molar refractivity (Wildman–Crippen MR) is 129 cm³/mol. The molecule has 5 nitrogen and oxygen atoms in total. The molecule has 1 N–H and O–H groups in total. The minimum absolute atomic E-state index is 0.151. The van der Waals surface area contributed by atoms with E-state index in [9.17, 15) is 9.59 Å². The molecule has 0 bridgehead atoms. The van der Waals surface area contributed by atoms with Gasteiger partial charge in [0.15, 0.2) is 6.61 Å². The summed E-state index contributed by atoms with van der Waals surface area (Å²) in [5.74, 6) is -0.0764. The van der Waals surface area contributed by atoms with Crippen LogP contribution in [0.3, 0.4) is 0 Å². The van der Waals surface area contributed by atoms with E-state index in [4.69, 9.17) is 39.5 Å². The number of carbonyl (C=O) groups is 2. The van der Waals surface area contributed by atoms with Gasteiger partial charge in [-0.3, -0.25) is 9.59 Å². The zero-order chi connectivity index (χ0) is 23.0. The van der Waals surface area contributed by atoms with Gasteiger partial charge in [-0.05, 0) is 64.7 Å². The first-order valence-electron chi connectivity index (χ1n) is 9.85. The molecule has 0 aliphatic carbocycles. The molecule has 0 aromatic heterocycles. The number of halogens is 4. The molecule has 0 spiro atoms. The minimum Gasteiger partial charge on any atom is -0.483 e. The van der Waals surface area contributed by atoms with Crippen LogP contribution in [0.5, 0.6) is 5.75 Å². The SMILES string of the molecule is CCCNC(=O)C(CC)N(Cc1ccc(Cl)cc1Cl)C(=O)COc1ccc(Cl)cc1Br. The molecule has 168 valence electrons. The monoisotopic (exact) mass is 548 g/mol. The molecule has 0 aliphatic rings. The van der Waals surface area contributed by atoms with Gasteiger partial charge in [-0.1, -0.05) is 54.7 Å². The number of carbonyl (C=O) groups excluding carboxylic acids is 2. The molecule has 2 aromatic rings. The van der Waals surface area contributed by atoms with E-state index in [0.29, 0.717) is 43.8 Å². The van der Waals surface area contributed by atoms with Gasteiger partial charge in [0.25, 0.3) is 5.91 Å². The topological polar surface area (TPSA) is 58.6 Å². The van der Waals surface area contributed by atoms with Gasteiger partial charge in [-0.2, -0.15) is 0 Å². The summed E-state index contributed by atoms with van der Waals surface area (Å²) in [7, 11) is 0. The lowest BCUT2D eigenvalue weighted by Crippen LogP contribution is -2.50. The van der Waals surface area contributed by atoms with Crippen molar-refractivity contribution in [2.45, 2.75) is 39.3 Å². The Labute approximate surface area is 206 Å². The zero-order valence-electron chi connectivity index (χ0n) is 17.3. The lowest BCUT2D eigenvalue weighted by molar-refractivity contribution is -0.143.